The van der Waals surface area contributed by atoms with Crippen molar-refractivity contribution in [3.8, 4) is 16.9 Å². The molecule has 1 aliphatic heterocycles. The van der Waals surface area contributed by atoms with Gasteiger partial charge in [-0.25, -0.2) is 0 Å². The van der Waals surface area contributed by atoms with Crippen LogP contribution in [0.2, 0.25) is 0 Å². The Labute approximate surface area is 197 Å². The summed E-state index contributed by atoms with van der Waals surface area (Å²) in [6.45, 7) is 12.1. The first-order valence-electron chi connectivity index (χ1n) is 11.1. The van der Waals surface area contributed by atoms with E-state index >= 15 is 0 Å². The van der Waals surface area contributed by atoms with Crippen LogP contribution in [0.3, 0.4) is 0 Å². The van der Waals surface area contributed by atoms with Crippen LogP contribution < -0.4 is 10.1 Å². The third-order valence-corrected chi connectivity index (χ3v) is 5.65. The van der Waals surface area contributed by atoms with Crippen molar-refractivity contribution >= 4 is 29.0 Å². The topological polar surface area (TPSA) is 42.9 Å². The van der Waals surface area contributed by atoms with Crippen LogP contribution in [0.5, 0.6) is 5.75 Å². The van der Waals surface area contributed by atoms with Gasteiger partial charge < -0.3 is 14.8 Å². The number of amidine groups is 1. The van der Waals surface area contributed by atoms with Crippen molar-refractivity contribution in [1.29, 1.82) is 0 Å². The Balaban J connectivity index is 0.00000289. The van der Waals surface area contributed by atoms with Gasteiger partial charge in [-0.3, -0.25) is 4.99 Å². The smallest absolute Gasteiger partial charge is 0.138 e. The quantitative estimate of drug-likeness (QED) is 0.447. The molecule has 0 aromatic heterocycles. The van der Waals surface area contributed by atoms with Crippen molar-refractivity contribution in [2.75, 3.05) is 32.9 Å². The van der Waals surface area contributed by atoms with E-state index in [0.29, 0.717) is 19.8 Å². The summed E-state index contributed by atoms with van der Waals surface area (Å²) in [7, 11) is 0. The molecule has 4 nitrogen and oxygen atoms in total. The number of aliphatic imine (C=N–C) groups is 1. The minimum absolute atomic E-state index is 0. The van der Waals surface area contributed by atoms with Crippen LogP contribution in [0.15, 0.2) is 59.6 Å². The number of rotatable bonds is 7. The molecule has 0 saturated heterocycles. The summed E-state index contributed by atoms with van der Waals surface area (Å²) in [5, 5.41) is 5.79. The van der Waals surface area contributed by atoms with Crippen LogP contribution in [-0.2, 0) is 10.2 Å². The second kappa shape index (κ2) is 10.4. The molecule has 32 heavy (non-hydrogen) atoms. The summed E-state index contributed by atoms with van der Waals surface area (Å²) < 4.78 is 11.9. The van der Waals surface area contributed by atoms with E-state index in [0.717, 1.165) is 41.4 Å². The highest BCUT2D eigenvalue weighted by Crippen LogP contribution is 2.41. The molecule has 1 aliphatic rings. The predicted molar refractivity (Wildman–Crippen MR) is 137 cm³/mol. The Kier molecular flexibility index (Phi) is 7.81. The first-order chi connectivity index (χ1) is 15.0. The molecule has 3 aromatic carbocycles. The zero-order valence-corrected chi connectivity index (χ0v) is 20.2. The van der Waals surface area contributed by atoms with Gasteiger partial charge in [0.2, 0.25) is 0 Å². The van der Waals surface area contributed by atoms with Crippen LogP contribution in [0.1, 0.15) is 38.8 Å². The third kappa shape index (κ3) is 5.08. The fraction of sp³-hybridized carbons (Fsp3) is 0.370. The standard InChI is InChI=1S/C27H32N2O2.ClH/c1-5-30-16-17-31-25-23(26-28-14-15-29-26)18-20-8-6-7-9-22(20)24(25)19-10-12-21(13-11-19)27(2,3)4;/h6-13,18H,5,14-17H2,1-4H3,(H,28,29);1H. The third-order valence-electron chi connectivity index (χ3n) is 5.65. The normalized spacial score (nSPS) is 13.4. The van der Waals surface area contributed by atoms with Gasteiger partial charge in [-0.1, -0.05) is 69.3 Å². The second-order valence-corrected chi connectivity index (χ2v) is 8.88. The molecule has 0 spiro atoms. The Bertz CT molecular complexity index is 1090. The summed E-state index contributed by atoms with van der Waals surface area (Å²) in [5.74, 6) is 1.78. The van der Waals surface area contributed by atoms with Crippen molar-refractivity contribution in [2.45, 2.75) is 33.1 Å². The van der Waals surface area contributed by atoms with Crippen molar-refractivity contribution in [3.05, 3.63) is 65.7 Å². The summed E-state index contributed by atoms with van der Waals surface area (Å²) in [5.41, 5.74) is 4.71. The Morgan fingerprint density at radius 2 is 1.75 bits per heavy atom. The van der Waals surface area contributed by atoms with Gasteiger partial charge in [0.15, 0.2) is 0 Å². The number of nitrogens with zero attached hydrogens (tertiary/aromatic N) is 1. The second-order valence-electron chi connectivity index (χ2n) is 8.88. The molecule has 1 heterocycles. The summed E-state index contributed by atoms with van der Waals surface area (Å²) in [4.78, 5) is 4.69. The van der Waals surface area contributed by atoms with Crippen LogP contribution in [-0.4, -0.2) is 38.7 Å². The lowest BCUT2D eigenvalue weighted by Crippen LogP contribution is -2.21. The molecule has 1 N–H and O–H groups in total. The SMILES string of the molecule is CCOCCOc1c(C2=NCCN2)cc2ccccc2c1-c1ccc(C(C)(C)C)cc1.Cl. The Morgan fingerprint density at radius 3 is 2.41 bits per heavy atom. The molecule has 0 bridgehead atoms. The van der Waals surface area contributed by atoms with E-state index < -0.39 is 0 Å². The van der Waals surface area contributed by atoms with E-state index in [9.17, 15) is 0 Å². The van der Waals surface area contributed by atoms with Gasteiger partial charge in [0, 0.05) is 18.7 Å². The molecular formula is C27H33ClN2O2. The molecule has 4 rings (SSSR count). The highest BCUT2D eigenvalue weighted by molar-refractivity contribution is 6.11. The van der Waals surface area contributed by atoms with E-state index in [1.165, 1.54) is 16.3 Å². The Hall–Kier alpha value is -2.56. The molecule has 3 aromatic rings. The maximum absolute atomic E-state index is 6.40. The number of hydrogen-bond acceptors (Lipinski definition) is 4. The number of hydrogen-bond donors (Lipinski definition) is 1. The average Bonchev–Trinajstić information content (AvgIpc) is 3.30. The lowest BCUT2D eigenvalue weighted by atomic mass is 9.85. The van der Waals surface area contributed by atoms with E-state index in [1.54, 1.807) is 0 Å². The van der Waals surface area contributed by atoms with E-state index in [-0.39, 0.29) is 17.8 Å². The van der Waals surface area contributed by atoms with Gasteiger partial charge >= 0.3 is 0 Å². The number of halogens is 1. The van der Waals surface area contributed by atoms with Gasteiger partial charge in [-0.15, -0.1) is 12.4 Å². The molecule has 0 radical (unpaired) electrons. The minimum atomic E-state index is 0. The maximum atomic E-state index is 6.40. The van der Waals surface area contributed by atoms with E-state index in [4.69, 9.17) is 14.5 Å². The molecule has 0 atom stereocenters. The van der Waals surface area contributed by atoms with Gasteiger partial charge in [-0.2, -0.15) is 0 Å². The summed E-state index contributed by atoms with van der Waals surface area (Å²) in [6, 6.07) is 19.6. The average molecular weight is 453 g/mol. The molecule has 0 amide bonds. The lowest BCUT2D eigenvalue weighted by molar-refractivity contribution is 0.110. The molecule has 0 aliphatic carbocycles. The van der Waals surface area contributed by atoms with Gasteiger partial charge in [0.1, 0.15) is 18.2 Å². The predicted octanol–water partition coefficient (Wildman–Crippen LogP) is 5.99. The van der Waals surface area contributed by atoms with Gasteiger partial charge in [-0.05, 0) is 40.3 Å². The fourth-order valence-corrected chi connectivity index (χ4v) is 4.00. The van der Waals surface area contributed by atoms with Crippen LogP contribution >= 0.6 is 12.4 Å². The fourth-order valence-electron chi connectivity index (χ4n) is 4.00. The van der Waals surface area contributed by atoms with Crippen LogP contribution in [0.25, 0.3) is 21.9 Å². The zero-order valence-electron chi connectivity index (χ0n) is 19.4. The van der Waals surface area contributed by atoms with Gasteiger partial charge in [0.05, 0.1) is 18.7 Å². The van der Waals surface area contributed by atoms with Crippen molar-refractivity contribution in [2.24, 2.45) is 4.99 Å². The molecule has 0 saturated carbocycles. The zero-order chi connectivity index (χ0) is 21.8. The molecular weight excluding hydrogens is 420 g/mol. The number of fused-ring (bicyclic) bond motifs is 1. The summed E-state index contributed by atoms with van der Waals surface area (Å²) >= 11 is 0. The molecule has 0 fully saturated rings. The minimum Gasteiger partial charge on any atom is -0.490 e. The Morgan fingerprint density at radius 1 is 1.00 bits per heavy atom. The summed E-state index contributed by atoms with van der Waals surface area (Å²) in [6.07, 6.45) is 0. The maximum Gasteiger partial charge on any atom is 0.138 e. The first-order valence-corrected chi connectivity index (χ1v) is 11.1. The number of ether oxygens (including phenoxy) is 2. The number of benzene rings is 3. The lowest BCUT2D eigenvalue weighted by Gasteiger charge is -2.21. The van der Waals surface area contributed by atoms with Crippen molar-refractivity contribution in [1.82, 2.24) is 5.32 Å². The van der Waals surface area contributed by atoms with E-state index in [2.05, 4.69) is 80.7 Å². The van der Waals surface area contributed by atoms with Crippen molar-refractivity contribution in [3.63, 3.8) is 0 Å². The highest BCUT2D eigenvalue weighted by Gasteiger charge is 2.22. The number of nitrogens with one attached hydrogen (secondary N) is 1. The molecule has 170 valence electrons. The monoisotopic (exact) mass is 452 g/mol. The van der Waals surface area contributed by atoms with Crippen LogP contribution in [0.4, 0.5) is 0 Å². The van der Waals surface area contributed by atoms with E-state index in [1.807, 2.05) is 6.92 Å². The first kappa shape index (κ1) is 24.1. The largest absolute Gasteiger partial charge is 0.490 e. The molecule has 5 heteroatoms. The van der Waals surface area contributed by atoms with Crippen LogP contribution in [0, 0.1) is 0 Å². The molecule has 0 unspecified atom stereocenters. The van der Waals surface area contributed by atoms with Gasteiger partial charge in [0.25, 0.3) is 0 Å². The highest BCUT2D eigenvalue weighted by atomic mass is 35.5. The van der Waals surface area contributed by atoms with Crippen molar-refractivity contribution < 1.29 is 9.47 Å².